The number of piperidine rings is 1. The van der Waals surface area contributed by atoms with E-state index in [9.17, 15) is 0 Å². The van der Waals surface area contributed by atoms with Crippen molar-refractivity contribution in [3.8, 4) is 0 Å². The molecule has 0 aromatic carbocycles. The zero-order chi connectivity index (χ0) is 12.9. The van der Waals surface area contributed by atoms with Crippen molar-refractivity contribution < 1.29 is 0 Å². The number of nitrogens with one attached hydrogen (secondary N) is 1. The first-order valence-electron chi connectivity index (χ1n) is 8.61. The summed E-state index contributed by atoms with van der Waals surface area (Å²) in [5.74, 6) is 0. The molecule has 1 atom stereocenters. The van der Waals surface area contributed by atoms with Crippen LogP contribution in [0.3, 0.4) is 0 Å². The predicted molar refractivity (Wildman–Crippen MR) is 80.5 cm³/mol. The van der Waals surface area contributed by atoms with E-state index in [-0.39, 0.29) is 0 Å². The van der Waals surface area contributed by atoms with Crippen molar-refractivity contribution in [3.63, 3.8) is 0 Å². The Morgan fingerprint density at radius 1 is 1.00 bits per heavy atom. The van der Waals surface area contributed by atoms with Gasteiger partial charge < -0.3 is 10.2 Å². The smallest absolute Gasteiger partial charge is 0.0195 e. The molecule has 0 amide bonds. The lowest BCUT2D eigenvalue weighted by molar-refractivity contribution is 0.202. The molecule has 3 rings (SSSR count). The fourth-order valence-corrected chi connectivity index (χ4v) is 3.73. The highest BCUT2D eigenvalue weighted by Gasteiger charge is 2.30. The summed E-state index contributed by atoms with van der Waals surface area (Å²) in [5, 5.41) is 3.71. The van der Waals surface area contributed by atoms with E-state index >= 15 is 0 Å². The van der Waals surface area contributed by atoms with E-state index in [2.05, 4.69) is 15.1 Å². The fourth-order valence-electron chi connectivity index (χ4n) is 3.73. The Labute approximate surface area is 118 Å². The van der Waals surface area contributed by atoms with Crippen LogP contribution in [0, 0.1) is 0 Å². The molecule has 0 spiro atoms. The summed E-state index contributed by atoms with van der Waals surface area (Å²) < 4.78 is 0. The monoisotopic (exact) mass is 265 g/mol. The molecule has 3 nitrogen and oxygen atoms in total. The topological polar surface area (TPSA) is 18.5 Å². The zero-order valence-corrected chi connectivity index (χ0v) is 12.4. The van der Waals surface area contributed by atoms with Crippen molar-refractivity contribution in [1.29, 1.82) is 0 Å². The predicted octanol–water partition coefficient (Wildman–Crippen LogP) is 2.08. The second kappa shape index (κ2) is 7.05. The third-order valence-electron chi connectivity index (χ3n) is 5.05. The minimum Gasteiger partial charge on any atom is -0.313 e. The first-order chi connectivity index (χ1) is 9.42. The maximum Gasteiger partial charge on any atom is 0.0195 e. The Hall–Kier alpha value is -0.120. The zero-order valence-electron chi connectivity index (χ0n) is 12.4. The average Bonchev–Trinajstić information content (AvgIpc) is 3.16. The van der Waals surface area contributed by atoms with Gasteiger partial charge in [0.2, 0.25) is 0 Å². The molecule has 3 fully saturated rings. The minimum absolute atomic E-state index is 0.779. The lowest BCUT2D eigenvalue weighted by Crippen LogP contribution is -2.45. The van der Waals surface area contributed by atoms with Crippen LogP contribution in [0.25, 0.3) is 0 Å². The number of hydrogen-bond donors (Lipinski definition) is 1. The first-order valence-corrected chi connectivity index (χ1v) is 8.61. The Bertz CT molecular complexity index is 253. The van der Waals surface area contributed by atoms with Crippen molar-refractivity contribution >= 4 is 0 Å². The third-order valence-corrected chi connectivity index (χ3v) is 5.05. The van der Waals surface area contributed by atoms with Crippen LogP contribution < -0.4 is 5.32 Å². The van der Waals surface area contributed by atoms with Crippen LogP contribution in [0.5, 0.6) is 0 Å². The van der Waals surface area contributed by atoms with Crippen LogP contribution in [0.2, 0.25) is 0 Å². The molecule has 0 radical (unpaired) electrons. The first kappa shape index (κ1) is 13.8. The molecule has 110 valence electrons. The van der Waals surface area contributed by atoms with Gasteiger partial charge >= 0.3 is 0 Å². The molecule has 1 saturated carbocycles. The Morgan fingerprint density at radius 3 is 2.53 bits per heavy atom. The van der Waals surface area contributed by atoms with Crippen LogP contribution in [-0.2, 0) is 0 Å². The number of nitrogens with zero attached hydrogens (tertiary/aromatic N) is 2. The van der Waals surface area contributed by atoms with Crippen LogP contribution in [0.4, 0.5) is 0 Å². The molecule has 3 aliphatic rings. The molecule has 2 heterocycles. The molecule has 1 unspecified atom stereocenters. The molecule has 3 heteroatoms. The molecule has 2 saturated heterocycles. The van der Waals surface area contributed by atoms with Crippen molar-refractivity contribution in [3.05, 3.63) is 0 Å². The lowest BCUT2D eigenvalue weighted by Gasteiger charge is -2.31. The van der Waals surface area contributed by atoms with Crippen LogP contribution in [0.15, 0.2) is 0 Å². The van der Waals surface area contributed by atoms with Crippen LogP contribution in [0.1, 0.15) is 51.4 Å². The average molecular weight is 265 g/mol. The van der Waals surface area contributed by atoms with Crippen molar-refractivity contribution in [2.45, 2.75) is 63.5 Å². The molecule has 0 aromatic rings. The molecule has 0 bridgehead atoms. The SMILES string of the molecule is C1CCC(CN(CCCN2CCCC2)C2CC2)NC1. The van der Waals surface area contributed by atoms with E-state index < -0.39 is 0 Å². The number of rotatable bonds is 7. The van der Waals surface area contributed by atoms with E-state index in [1.807, 2.05) is 0 Å². The molecule has 0 aromatic heterocycles. The minimum atomic E-state index is 0.779. The van der Waals surface area contributed by atoms with Gasteiger partial charge in [0.05, 0.1) is 0 Å². The molecule has 2 aliphatic heterocycles. The summed E-state index contributed by atoms with van der Waals surface area (Å²) in [6, 6.07) is 1.71. The van der Waals surface area contributed by atoms with Crippen molar-refractivity contribution in [1.82, 2.24) is 15.1 Å². The van der Waals surface area contributed by atoms with Crippen LogP contribution in [-0.4, -0.2) is 61.2 Å². The number of likely N-dealkylation sites (tertiary alicyclic amines) is 1. The summed E-state index contributed by atoms with van der Waals surface area (Å²) in [6.45, 7) is 7.93. The molecule has 19 heavy (non-hydrogen) atoms. The second-order valence-corrected chi connectivity index (χ2v) is 6.78. The third kappa shape index (κ3) is 4.44. The largest absolute Gasteiger partial charge is 0.313 e. The maximum atomic E-state index is 3.71. The Balaban J connectivity index is 1.36. The summed E-state index contributed by atoms with van der Waals surface area (Å²) >= 11 is 0. The van der Waals surface area contributed by atoms with Gasteiger partial charge in [-0.3, -0.25) is 4.90 Å². The second-order valence-electron chi connectivity index (χ2n) is 6.78. The number of hydrogen-bond acceptors (Lipinski definition) is 3. The van der Waals surface area contributed by atoms with Gasteiger partial charge in [0.1, 0.15) is 0 Å². The van der Waals surface area contributed by atoms with Gasteiger partial charge in [-0.2, -0.15) is 0 Å². The van der Waals surface area contributed by atoms with E-state index in [1.54, 1.807) is 0 Å². The van der Waals surface area contributed by atoms with E-state index in [4.69, 9.17) is 0 Å². The molecular formula is C16H31N3. The summed E-state index contributed by atoms with van der Waals surface area (Å²) in [7, 11) is 0. The summed E-state index contributed by atoms with van der Waals surface area (Å²) in [4.78, 5) is 5.45. The van der Waals surface area contributed by atoms with Gasteiger partial charge in [0.25, 0.3) is 0 Å². The Kier molecular flexibility index (Phi) is 5.14. The van der Waals surface area contributed by atoms with Gasteiger partial charge in [0, 0.05) is 18.6 Å². The highest BCUT2D eigenvalue weighted by Crippen LogP contribution is 2.27. The highest BCUT2D eigenvalue weighted by atomic mass is 15.2. The van der Waals surface area contributed by atoms with E-state index in [0.717, 1.165) is 12.1 Å². The molecule has 1 N–H and O–H groups in total. The molecule has 1 aliphatic carbocycles. The van der Waals surface area contributed by atoms with Gasteiger partial charge in [-0.05, 0) is 77.7 Å². The molecular weight excluding hydrogens is 234 g/mol. The van der Waals surface area contributed by atoms with Gasteiger partial charge in [-0.15, -0.1) is 0 Å². The Morgan fingerprint density at radius 2 is 1.84 bits per heavy atom. The van der Waals surface area contributed by atoms with E-state index in [0.29, 0.717) is 0 Å². The van der Waals surface area contributed by atoms with Gasteiger partial charge in [-0.25, -0.2) is 0 Å². The lowest BCUT2D eigenvalue weighted by atomic mass is 10.0. The summed E-state index contributed by atoms with van der Waals surface area (Å²) in [6.07, 6.45) is 11.4. The van der Waals surface area contributed by atoms with Crippen LogP contribution >= 0.6 is 0 Å². The van der Waals surface area contributed by atoms with Crippen molar-refractivity contribution in [2.24, 2.45) is 0 Å². The maximum absolute atomic E-state index is 3.71. The van der Waals surface area contributed by atoms with Gasteiger partial charge in [-0.1, -0.05) is 6.42 Å². The van der Waals surface area contributed by atoms with Gasteiger partial charge in [0.15, 0.2) is 0 Å². The normalized spacial score (nSPS) is 29.2. The van der Waals surface area contributed by atoms with E-state index in [1.165, 1.54) is 90.6 Å². The fraction of sp³-hybridized carbons (Fsp3) is 1.00. The quantitative estimate of drug-likeness (QED) is 0.760. The van der Waals surface area contributed by atoms with Crippen molar-refractivity contribution in [2.75, 3.05) is 39.3 Å². The standard InChI is InChI=1S/C16H31N3/c1-2-9-17-15(6-1)14-19(16-7-8-16)13-5-12-18-10-3-4-11-18/h15-17H,1-14H2. The highest BCUT2D eigenvalue weighted by molar-refractivity contribution is 4.88. The summed E-state index contributed by atoms with van der Waals surface area (Å²) in [5.41, 5.74) is 0.